The summed E-state index contributed by atoms with van der Waals surface area (Å²) in [7, 11) is 0. The highest BCUT2D eigenvalue weighted by atomic mass is 79.9. The Morgan fingerprint density at radius 2 is 1.84 bits per heavy atom. The van der Waals surface area contributed by atoms with Gasteiger partial charge in [-0.2, -0.15) is 0 Å². The van der Waals surface area contributed by atoms with Crippen molar-refractivity contribution in [3.05, 3.63) is 74.8 Å². The molecule has 0 spiro atoms. The third-order valence-electron chi connectivity index (χ3n) is 3.46. The van der Waals surface area contributed by atoms with Crippen LogP contribution in [0.3, 0.4) is 0 Å². The first-order valence-electron chi connectivity index (χ1n) is 7.40. The summed E-state index contributed by atoms with van der Waals surface area (Å²) in [5, 5.41) is 9.80. The van der Waals surface area contributed by atoms with E-state index in [0.29, 0.717) is 12.4 Å². The highest BCUT2D eigenvalue weighted by Crippen LogP contribution is 2.35. The Morgan fingerprint density at radius 1 is 1.12 bits per heavy atom. The smallest absolute Gasteiger partial charge is 0.328 e. The lowest BCUT2D eigenvalue weighted by Crippen LogP contribution is -2.00. The number of halogens is 2. The minimum absolute atomic E-state index is 0.326. The molecule has 0 aliphatic rings. The van der Waals surface area contributed by atoms with Crippen molar-refractivity contribution in [2.24, 2.45) is 0 Å². The number of benzene rings is 2. The van der Waals surface area contributed by atoms with Gasteiger partial charge in [0.25, 0.3) is 0 Å². The summed E-state index contributed by atoms with van der Waals surface area (Å²) in [4.78, 5) is 15.2. The number of rotatable bonds is 5. The summed E-state index contributed by atoms with van der Waals surface area (Å²) in [6, 6.07) is 15.5. The molecule has 3 aromatic rings. The van der Waals surface area contributed by atoms with E-state index in [1.165, 1.54) is 6.08 Å². The second-order valence-corrected chi connectivity index (χ2v) is 6.98. The Kier molecular flexibility index (Phi) is 5.50. The number of carbonyl (C=O) groups is 1. The molecule has 1 aromatic heterocycles. The number of para-hydroxylation sites is 1. The molecule has 4 nitrogen and oxygen atoms in total. The lowest BCUT2D eigenvalue weighted by atomic mass is 10.2. The fourth-order valence-corrected chi connectivity index (χ4v) is 3.77. The van der Waals surface area contributed by atoms with Gasteiger partial charge < -0.3 is 9.84 Å². The van der Waals surface area contributed by atoms with Crippen molar-refractivity contribution in [1.82, 2.24) is 4.98 Å². The maximum absolute atomic E-state index is 10.6. The van der Waals surface area contributed by atoms with E-state index in [0.717, 1.165) is 37.2 Å². The molecule has 25 heavy (non-hydrogen) atoms. The second-order valence-electron chi connectivity index (χ2n) is 5.27. The first-order valence-corrected chi connectivity index (χ1v) is 8.99. The van der Waals surface area contributed by atoms with Gasteiger partial charge in [-0.05, 0) is 67.8 Å². The molecule has 1 heterocycles. The third-order valence-corrected chi connectivity index (χ3v) is 4.64. The molecular formula is C19H13Br2NO3. The lowest BCUT2D eigenvalue weighted by Gasteiger charge is -2.11. The summed E-state index contributed by atoms with van der Waals surface area (Å²) < 4.78 is 7.35. The predicted octanol–water partition coefficient (Wildman–Crippen LogP) is 5.44. The minimum atomic E-state index is -0.991. The standard InChI is InChI=1S/C19H13Br2NO3/c20-15-9-12(5-8-18(23)24)10-16(21)19(15)25-11-14-7-6-13-3-1-2-4-17(13)22-14/h1-10H,11H2,(H,23,24). The van der Waals surface area contributed by atoms with Gasteiger partial charge in [-0.3, -0.25) is 0 Å². The quantitative estimate of drug-likeness (QED) is 0.513. The topological polar surface area (TPSA) is 59.4 Å². The average Bonchev–Trinajstić information content (AvgIpc) is 2.59. The molecule has 2 aromatic carbocycles. The Morgan fingerprint density at radius 3 is 2.56 bits per heavy atom. The monoisotopic (exact) mass is 461 g/mol. The fraction of sp³-hybridized carbons (Fsp3) is 0.0526. The highest BCUT2D eigenvalue weighted by Gasteiger charge is 2.09. The number of hydrogen-bond acceptors (Lipinski definition) is 3. The molecule has 126 valence electrons. The number of nitrogens with zero attached hydrogens (tertiary/aromatic N) is 1. The Hall–Kier alpha value is -2.18. The molecule has 0 saturated heterocycles. The van der Waals surface area contributed by atoms with E-state index < -0.39 is 5.97 Å². The maximum Gasteiger partial charge on any atom is 0.328 e. The highest BCUT2D eigenvalue weighted by molar-refractivity contribution is 9.11. The molecule has 0 amide bonds. The summed E-state index contributed by atoms with van der Waals surface area (Å²) >= 11 is 6.92. The van der Waals surface area contributed by atoms with Gasteiger partial charge >= 0.3 is 5.97 Å². The van der Waals surface area contributed by atoms with Crippen LogP contribution in [0.4, 0.5) is 0 Å². The molecule has 3 rings (SSSR count). The summed E-state index contributed by atoms with van der Waals surface area (Å²) in [5.41, 5.74) is 2.50. The number of ether oxygens (including phenoxy) is 1. The Labute approximate surface area is 161 Å². The summed E-state index contributed by atoms with van der Waals surface area (Å²) in [6.07, 6.45) is 2.61. The van der Waals surface area contributed by atoms with Crippen molar-refractivity contribution in [2.45, 2.75) is 6.61 Å². The van der Waals surface area contributed by atoms with E-state index in [9.17, 15) is 4.79 Å². The van der Waals surface area contributed by atoms with Gasteiger partial charge in [0.1, 0.15) is 12.4 Å². The number of pyridine rings is 1. The normalized spacial score (nSPS) is 11.1. The second kappa shape index (κ2) is 7.80. The predicted molar refractivity (Wildman–Crippen MR) is 105 cm³/mol. The van der Waals surface area contributed by atoms with Gasteiger partial charge in [0, 0.05) is 11.5 Å². The molecular weight excluding hydrogens is 450 g/mol. The number of aliphatic carboxylic acids is 1. The van der Waals surface area contributed by atoms with E-state index in [4.69, 9.17) is 9.84 Å². The molecule has 0 aliphatic heterocycles. The third kappa shape index (κ3) is 4.46. The van der Waals surface area contributed by atoms with Gasteiger partial charge in [0.15, 0.2) is 0 Å². The molecule has 0 radical (unpaired) electrons. The van der Waals surface area contributed by atoms with Gasteiger partial charge in [-0.15, -0.1) is 0 Å². The van der Waals surface area contributed by atoms with Crippen LogP contribution in [-0.2, 0) is 11.4 Å². The molecule has 0 unspecified atom stereocenters. The van der Waals surface area contributed by atoms with Gasteiger partial charge in [-0.25, -0.2) is 9.78 Å². The zero-order valence-electron chi connectivity index (χ0n) is 12.9. The first-order chi connectivity index (χ1) is 12.0. The Balaban J connectivity index is 1.79. The number of aromatic nitrogens is 1. The average molecular weight is 463 g/mol. The van der Waals surface area contributed by atoms with Crippen LogP contribution in [0.15, 0.2) is 63.6 Å². The van der Waals surface area contributed by atoms with Crippen LogP contribution in [0.5, 0.6) is 5.75 Å². The maximum atomic E-state index is 10.6. The molecule has 0 atom stereocenters. The number of carboxylic acids is 1. The molecule has 0 aliphatic carbocycles. The first kappa shape index (κ1) is 17.6. The van der Waals surface area contributed by atoms with Crippen LogP contribution in [-0.4, -0.2) is 16.1 Å². The van der Waals surface area contributed by atoms with Crippen molar-refractivity contribution in [3.8, 4) is 5.75 Å². The van der Waals surface area contributed by atoms with E-state index in [-0.39, 0.29) is 0 Å². The van der Waals surface area contributed by atoms with Crippen molar-refractivity contribution in [2.75, 3.05) is 0 Å². The van der Waals surface area contributed by atoms with Gasteiger partial charge in [-0.1, -0.05) is 24.3 Å². The van der Waals surface area contributed by atoms with Crippen molar-refractivity contribution >= 4 is 54.8 Å². The van der Waals surface area contributed by atoms with E-state index in [2.05, 4.69) is 36.8 Å². The van der Waals surface area contributed by atoms with Crippen LogP contribution in [0, 0.1) is 0 Å². The molecule has 0 fully saturated rings. The van der Waals surface area contributed by atoms with E-state index >= 15 is 0 Å². The van der Waals surface area contributed by atoms with Crippen LogP contribution < -0.4 is 4.74 Å². The number of fused-ring (bicyclic) bond motifs is 1. The largest absolute Gasteiger partial charge is 0.485 e. The molecule has 0 bridgehead atoms. The SMILES string of the molecule is O=C(O)C=Cc1cc(Br)c(OCc2ccc3ccccc3n2)c(Br)c1. The van der Waals surface area contributed by atoms with E-state index in [1.54, 1.807) is 12.1 Å². The van der Waals surface area contributed by atoms with Crippen molar-refractivity contribution < 1.29 is 14.6 Å². The zero-order valence-corrected chi connectivity index (χ0v) is 16.1. The van der Waals surface area contributed by atoms with Crippen molar-refractivity contribution in [3.63, 3.8) is 0 Å². The molecule has 0 saturated carbocycles. The Bertz CT molecular complexity index is 947. The molecule has 6 heteroatoms. The summed E-state index contributed by atoms with van der Waals surface area (Å²) in [5.74, 6) is -0.350. The van der Waals surface area contributed by atoms with E-state index in [1.807, 2.05) is 36.4 Å². The number of hydrogen-bond donors (Lipinski definition) is 1. The van der Waals surface area contributed by atoms with Gasteiger partial charge in [0.2, 0.25) is 0 Å². The van der Waals surface area contributed by atoms with Crippen molar-refractivity contribution in [1.29, 1.82) is 0 Å². The molecule has 1 N–H and O–H groups in total. The fourth-order valence-electron chi connectivity index (χ4n) is 2.32. The minimum Gasteiger partial charge on any atom is -0.485 e. The van der Waals surface area contributed by atoms with Crippen LogP contribution in [0.1, 0.15) is 11.3 Å². The number of carboxylic acid groups (broad SMARTS) is 1. The van der Waals surface area contributed by atoms with Crippen LogP contribution in [0.2, 0.25) is 0 Å². The zero-order chi connectivity index (χ0) is 17.8. The van der Waals surface area contributed by atoms with Crippen LogP contribution >= 0.6 is 31.9 Å². The van der Waals surface area contributed by atoms with Crippen LogP contribution in [0.25, 0.3) is 17.0 Å². The van der Waals surface area contributed by atoms with Gasteiger partial charge in [0.05, 0.1) is 20.2 Å². The summed E-state index contributed by atoms with van der Waals surface area (Å²) in [6.45, 7) is 0.326. The lowest BCUT2D eigenvalue weighted by molar-refractivity contribution is -0.131.